The second kappa shape index (κ2) is 6.21. The molecule has 0 aliphatic heterocycles. The molecule has 1 aromatic carbocycles. The van der Waals surface area contributed by atoms with Crippen LogP contribution in [0.15, 0.2) is 18.2 Å². The van der Waals surface area contributed by atoms with Gasteiger partial charge in [-0.25, -0.2) is 8.78 Å². The van der Waals surface area contributed by atoms with Crippen LogP contribution in [0.25, 0.3) is 0 Å². The Balaban J connectivity index is 2.63. The Morgan fingerprint density at radius 3 is 2.40 bits per heavy atom. The molecule has 0 bridgehead atoms. The normalized spacial score (nSPS) is 12.8. The summed E-state index contributed by atoms with van der Waals surface area (Å²) >= 11 is 3.45. The van der Waals surface area contributed by atoms with E-state index in [1.807, 2.05) is 0 Å². The van der Waals surface area contributed by atoms with E-state index in [2.05, 4.69) is 22.9 Å². The quantitative estimate of drug-likeness (QED) is 0.697. The van der Waals surface area contributed by atoms with Crippen LogP contribution in [-0.4, -0.2) is 4.83 Å². The summed E-state index contributed by atoms with van der Waals surface area (Å²) in [4.78, 5) is 0.156. The third-order valence-corrected chi connectivity index (χ3v) is 3.14. The van der Waals surface area contributed by atoms with E-state index in [1.54, 1.807) is 0 Å². The highest BCUT2D eigenvalue weighted by atomic mass is 79.9. The smallest absolute Gasteiger partial charge is 0.129 e. The number of hydrogen-bond acceptors (Lipinski definition) is 0. The molecule has 1 unspecified atom stereocenters. The van der Waals surface area contributed by atoms with Gasteiger partial charge < -0.3 is 0 Å². The summed E-state index contributed by atoms with van der Waals surface area (Å²) in [6, 6.07) is 4.00. The van der Waals surface area contributed by atoms with Crippen LogP contribution in [0.4, 0.5) is 8.78 Å². The van der Waals surface area contributed by atoms with E-state index in [9.17, 15) is 8.78 Å². The second-order valence-electron chi connectivity index (χ2n) is 3.64. The van der Waals surface area contributed by atoms with Gasteiger partial charge in [-0.2, -0.15) is 0 Å². The molecule has 0 aromatic heterocycles. The molecule has 0 saturated carbocycles. The van der Waals surface area contributed by atoms with E-state index in [0.717, 1.165) is 19.3 Å². The highest BCUT2D eigenvalue weighted by Crippen LogP contribution is 2.20. The minimum Gasteiger partial charge on any atom is -0.207 e. The molecule has 0 nitrogen and oxygen atoms in total. The van der Waals surface area contributed by atoms with Gasteiger partial charge >= 0.3 is 0 Å². The first-order valence-electron chi connectivity index (χ1n) is 5.22. The molecule has 0 heterocycles. The lowest BCUT2D eigenvalue weighted by molar-refractivity contribution is 0.547. The molecule has 15 heavy (non-hydrogen) atoms. The summed E-state index contributed by atoms with van der Waals surface area (Å²) in [5.74, 6) is -0.896. The predicted octanol–water partition coefficient (Wildman–Crippen LogP) is 4.46. The van der Waals surface area contributed by atoms with E-state index in [0.29, 0.717) is 6.42 Å². The average Bonchev–Trinajstić information content (AvgIpc) is 2.21. The molecule has 3 heteroatoms. The Hall–Kier alpha value is -0.440. The molecule has 0 saturated heterocycles. The first-order chi connectivity index (χ1) is 7.15. The Morgan fingerprint density at radius 1 is 1.27 bits per heavy atom. The van der Waals surface area contributed by atoms with Crippen molar-refractivity contribution in [2.45, 2.75) is 37.4 Å². The van der Waals surface area contributed by atoms with Gasteiger partial charge in [-0.15, -0.1) is 0 Å². The van der Waals surface area contributed by atoms with E-state index < -0.39 is 11.6 Å². The Kier molecular flexibility index (Phi) is 5.23. The van der Waals surface area contributed by atoms with Gasteiger partial charge in [-0.1, -0.05) is 41.8 Å². The molecule has 0 aliphatic carbocycles. The molecule has 0 amide bonds. The number of rotatable bonds is 5. The van der Waals surface area contributed by atoms with E-state index >= 15 is 0 Å². The van der Waals surface area contributed by atoms with Crippen molar-refractivity contribution in [2.75, 3.05) is 0 Å². The van der Waals surface area contributed by atoms with Crippen molar-refractivity contribution in [3.8, 4) is 0 Å². The third-order valence-electron chi connectivity index (χ3n) is 2.36. The van der Waals surface area contributed by atoms with Crippen LogP contribution in [0, 0.1) is 11.6 Å². The van der Waals surface area contributed by atoms with Crippen LogP contribution < -0.4 is 0 Å². The highest BCUT2D eigenvalue weighted by molar-refractivity contribution is 9.09. The summed E-state index contributed by atoms with van der Waals surface area (Å²) in [5, 5.41) is 0. The fraction of sp³-hybridized carbons (Fsp3) is 0.500. The molecule has 0 aliphatic rings. The molecular weight excluding hydrogens is 262 g/mol. The van der Waals surface area contributed by atoms with Crippen molar-refractivity contribution < 1.29 is 8.78 Å². The molecule has 1 atom stereocenters. The minimum absolute atomic E-state index is 0.156. The van der Waals surface area contributed by atoms with Crippen LogP contribution in [-0.2, 0) is 6.42 Å². The van der Waals surface area contributed by atoms with Crippen molar-refractivity contribution >= 4 is 15.9 Å². The number of alkyl halides is 1. The molecular formula is C12H15BrF2. The van der Waals surface area contributed by atoms with Gasteiger partial charge in [0.2, 0.25) is 0 Å². The minimum atomic E-state index is -0.448. The monoisotopic (exact) mass is 276 g/mol. The topological polar surface area (TPSA) is 0 Å². The summed E-state index contributed by atoms with van der Waals surface area (Å²) in [5.41, 5.74) is 0.190. The standard InChI is InChI=1S/C12H15BrF2/c1-2-3-5-9(13)8-10-11(14)6-4-7-12(10)15/h4,6-7,9H,2-3,5,8H2,1H3. The maximum atomic E-state index is 13.3. The summed E-state index contributed by atoms with van der Waals surface area (Å²) < 4.78 is 26.5. The fourth-order valence-electron chi connectivity index (χ4n) is 1.48. The van der Waals surface area contributed by atoms with Crippen LogP contribution in [0.2, 0.25) is 0 Å². The van der Waals surface area contributed by atoms with Gasteiger partial charge in [0.05, 0.1) is 0 Å². The SMILES string of the molecule is CCCCC(Br)Cc1c(F)cccc1F. The lowest BCUT2D eigenvalue weighted by atomic mass is 10.1. The number of hydrogen-bond donors (Lipinski definition) is 0. The van der Waals surface area contributed by atoms with Gasteiger partial charge in [-0.3, -0.25) is 0 Å². The molecule has 1 rings (SSSR count). The molecule has 0 fully saturated rings. The van der Waals surface area contributed by atoms with Crippen molar-refractivity contribution in [2.24, 2.45) is 0 Å². The Labute approximate surface area is 97.8 Å². The van der Waals surface area contributed by atoms with E-state index in [-0.39, 0.29) is 10.4 Å². The summed E-state index contributed by atoms with van der Waals surface area (Å²) in [7, 11) is 0. The van der Waals surface area contributed by atoms with Crippen molar-refractivity contribution in [1.82, 2.24) is 0 Å². The van der Waals surface area contributed by atoms with Crippen molar-refractivity contribution in [3.63, 3.8) is 0 Å². The van der Waals surface area contributed by atoms with Gasteiger partial charge in [0.25, 0.3) is 0 Å². The highest BCUT2D eigenvalue weighted by Gasteiger charge is 2.12. The maximum Gasteiger partial charge on any atom is 0.129 e. The van der Waals surface area contributed by atoms with Crippen LogP contribution in [0.1, 0.15) is 31.7 Å². The van der Waals surface area contributed by atoms with Crippen LogP contribution >= 0.6 is 15.9 Å². The zero-order chi connectivity index (χ0) is 11.3. The summed E-state index contributed by atoms with van der Waals surface area (Å²) in [6.07, 6.45) is 3.54. The largest absolute Gasteiger partial charge is 0.207 e. The fourth-order valence-corrected chi connectivity index (χ4v) is 2.12. The molecule has 0 radical (unpaired) electrons. The zero-order valence-corrected chi connectivity index (χ0v) is 10.4. The molecule has 0 N–H and O–H groups in total. The van der Waals surface area contributed by atoms with Gasteiger partial charge in [0.15, 0.2) is 0 Å². The second-order valence-corrected chi connectivity index (χ2v) is 4.94. The molecule has 1 aromatic rings. The van der Waals surface area contributed by atoms with E-state index in [1.165, 1.54) is 18.2 Å². The molecule has 0 spiro atoms. The number of benzene rings is 1. The number of unbranched alkanes of at least 4 members (excludes halogenated alkanes) is 1. The predicted molar refractivity (Wildman–Crippen MR) is 62.3 cm³/mol. The van der Waals surface area contributed by atoms with Crippen LogP contribution in [0.5, 0.6) is 0 Å². The zero-order valence-electron chi connectivity index (χ0n) is 8.77. The van der Waals surface area contributed by atoms with Gasteiger partial charge in [0.1, 0.15) is 11.6 Å². The van der Waals surface area contributed by atoms with Crippen molar-refractivity contribution in [3.05, 3.63) is 35.4 Å². The lowest BCUT2D eigenvalue weighted by Crippen LogP contribution is -2.06. The number of halogens is 3. The van der Waals surface area contributed by atoms with Crippen molar-refractivity contribution in [1.29, 1.82) is 0 Å². The average molecular weight is 277 g/mol. The molecule has 84 valence electrons. The first kappa shape index (κ1) is 12.6. The van der Waals surface area contributed by atoms with Gasteiger partial charge in [0, 0.05) is 10.4 Å². The first-order valence-corrected chi connectivity index (χ1v) is 6.13. The van der Waals surface area contributed by atoms with Gasteiger partial charge in [-0.05, 0) is 25.0 Å². The Morgan fingerprint density at radius 2 is 1.87 bits per heavy atom. The summed E-state index contributed by atoms with van der Waals surface area (Å²) in [6.45, 7) is 2.10. The van der Waals surface area contributed by atoms with E-state index in [4.69, 9.17) is 0 Å². The lowest BCUT2D eigenvalue weighted by Gasteiger charge is -2.10. The maximum absolute atomic E-state index is 13.3. The van der Waals surface area contributed by atoms with Crippen LogP contribution in [0.3, 0.4) is 0 Å². The third kappa shape index (κ3) is 3.90. The Bertz CT molecular complexity index is 292.